The lowest BCUT2D eigenvalue weighted by atomic mass is 10.2. The molecule has 0 spiro atoms. The van der Waals surface area contributed by atoms with Gasteiger partial charge in [0.1, 0.15) is 23.9 Å². The van der Waals surface area contributed by atoms with Crippen LogP contribution in [0, 0.1) is 11.6 Å². The van der Waals surface area contributed by atoms with Crippen LogP contribution in [0.15, 0.2) is 60.8 Å². The molecular formula is C23H18F2N4O2. The first kappa shape index (κ1) is 19.0. The Labute approximate surface area is 176 Å². The molecule has 2 aromatic carbocycles. The maximum Gasteiger partial charge on any atom is 0.272 e. The molecule has 0 saturated heterocycles. The van der Waals surface area contributed by atoms with Crippen LogP contribution in [0.25, 0.3) is 10.9 Å². The molecule has 4 aromatic rings. The number of carbonyl (C=O) groups is 1. The summed E-state index contributed by atoms with van der Waals surface area (Å²) in [7, 11) is 0. The average Bonchev–Trinajstić information content (AvgIpc) is 3.11. The van der Waals surface area contributed by atoms with Gasteiger partial charge < -0.3 is 19.9 Å². The molecule has 2 aromatic heterocycles. The van der Waals surface area contributed by atoms with Gasteiger partial charge in [-0.2, -0.15) is 0 Å². The van der Waals surface area contributed by atoms with Gasteiger partial charge in [-0.15, -0.1) is 0 Å². The number of aromatic nitrogens is 2. The number of ether oxygens (including phenoxy) is 1. The standard InChI is InChI=1S/C23H18F2N4O2/c24-16-3-1-2-14(8-16)13-29-19-5-4-17(25)9-15(19)10-20(29)23(30)28-18-11-21-22(27-12-18)26-6-7-31-21/h1-5,8-12H,6-7,13H2,(H,26,27)(H,28,30). The molecule has 31 heavy (non-hydrogen) atoms. The molecule has 2 N–H and O–H groups in total. The highest BCUT2D eigenvalue weighted by Crippen LogP contribution is 2.28. The number of anilines is 2. The van der Waals surface area contributed by atoms with Gasteiger partial charge in [0.15, 0.2) is 11.6 Å². The second-order valence-corrected chi connectivity index (χ2v) is 7.25. The fraction of sp³-hybridized carbons (Fsp3) is 0.130. The number of benzene rings is 2. The summed E-state index contributed by atoms with van der Waals surface area (Å²) in [5, 5.41) is 6.52. The summed E-state index contributed by atoms with van der Waals surface area (Å²) in [4.78, 5) is 17.4. The Morgan fingerprint density at radius 1 is 1.13 bits per heavy atom. The van der Waals surface area contributed by atoms with E-state index >= 15 is 0 Å². The molecule has 0 fully saturated rings. The Morgan fingerprint density at radius 3 is 2.87 bits per heavy atom. The highest BCUT2D eigenvalue weighted by molar-refractivity contribution is 6.06. The highest BCUT2D eigenvalue weighted by atomic mass is 19.1. The number of nitrogens with one attached hydrogen (secondary N) is 2. The van der Waals surface area contributed by atoms with E-state index in [2.05, 4.69) is 15.6 Å². The van der Waals surface area contributed by atoms with Crippen LogP contribution in [0.4, 0.5) is 20.3 Å². The first-order valence-corrected chi connectivity index (χ1v) is 9.78. The fourth-order valence-corrected chi connectivity index (χ4v) is 3.70. The van der Waals surface area contributed by atoms with Gasteiger partial charge in [0.2, 0.25) is 0 Å². The number of fused-ring (bicyclic) bond motifs is 2. The molecule has 5 rings (SSSR count). The number of carbonyl (C=O) groups excluding carboxylic acids is 1. The number of nitrogens with zero attached hydrogens (tertiary/aromatic N) is 2. The minimum Gasteiger partial charge on any atom is -0.488 e. The summed E-state index contributed by atoms with van der Waals surface area (Å²) in [5.74, 6) is 0.0375. The van der Waals surface area contributed by atoms with Gasteiger partial charge >= 0.3 is 0 Å². The molecule has 0 bridgehead atoms. The first-order valence-electron chi connectivity index (χ1n) is 9.78. The number of hydrogen-bond donors (Lipinski definition) is 2. The fourth-order valence-electron chi connectivity index (χ4n) is 3.70. The molecule has 0 unspecified atom stereocenters. The summed E-state index contributed by atoms with van der Waals surface area (Å²) in [6.07, 6.45) is 1.54. The van der Waals surface area contributed by atoms with Crippen LogP contribution in [-0.2, 0) is 6.54 Å². The molecular weight excluding hydrogens is 402 g/mol. The van der Waals surface area contributed by atoms with Gasteiger partial charge in [0.25, 0.3) is 5.91 Å². The lowest BCUT2D eigenvalue weighted by Crippen LogP contribution is -2.20. The molecule has 1 amide bonds. The van der Waals surface area contributed by atoms with Crippen molar-refractivity contribution >= 4 is 28.3 Å². The van der Waals surface area contributed by atoms with Crippen LogP contribution in [0.1, 0.15) is 16.1 Å². The van der Waals surface area contributed by atoms with Crippen molar-refractivity contribution in [2.24, 2.45) is 0 Å². The van der Waals surface area contributed by atoms with E-state index in [1.54, 1.807) is 34.9 Å². The number of halogens is 2. The largest absolute Gasteiger partial charge is 0.488 e. The van der Waals surface area contributed by atoms with Crippen molar-refractivity contribution in [2.75, 3.05) is 23.8 Å². The SMILES string of the molecule is O=C(Nc1cnc2c(c1)OCCN2)c1cc2cc(F)ccc2n1Cc1cccc(F)c1. The van der Waals surface area contributed by atoms with Gasteiger partial charge in [0, 0.05) is 23.5 Å². The average molecular weight is 420 g/mol. The van der Waals surface area contributed by atoms with Crippen LogP contribution < -0.4 is 15.4 Å². The van der Waals surface area contributed by atoms with Crippen molar-refractivity contribution in [1.82, 2.24) is 9.55 Å². The third kappa shape index (κ3) is 3.79. The summed E-state index contributed by atoms with van der Waals surface area (Å²) >= 11 is 0. The minimum absolute atomic E-state index is 0.255. The lowest BCUT2D eigenvalue weighted by Gasteiger charge is -2.18. The van der Waals surface area contributed by atoms with E-state index in [0.29, 0.717) is 52.6 Å². The molecule has 3 heterocycles. The van der Waals surface area contributed by atoms with Gasteiger partial charge in [-0.3, -0.25) is 4.79 Å². The number of rotatable bonds is 4. The predicted octanol–water partition coefficient (Wildman–Crippen LogP) is 4.42. The van der Waals surface area contributed by atoms with Crippen molar-refractivity contribution in [2.45, 2.75) is 6.54 Å². The second kappa shape index (κ2) is 7.71. The van der Waals surface area contributed by atoms with Crippen molar-refractivity contribution in [3.8, 4) is 5.75 Å². The lowest BCUT2D eigenvalue weighted by molar-refractivity contribution is 0.101. The molecule has 0 aliphatic carbocycles. The van der Waals surface area contributed by atoms with E-state index in [9.17, 15) is 13.6 Å². The summed E-state index contributed by atoms with van der Waals surface area (Å²) in [5.41, 5.74) is 2.15. The Bertz CT molecular complexity index is 1300. The zero-order valence-corrected chi connectivity index (χ0v) is 16.4. The quantitative estimate of drug-likeness (QED) is 0.513. The van der Waals surface area contributed by atoms with Crippen molar-refractivity contribution in [3.05, 3.63) is 83.7 Å². The monoisotopic (exact) mass is 420 g/mol. The Morgan fingerprint density at radius 2 is 2.00 bits per heavy atom. The van der Waals surface area contributed by atoms with E-state index in [0.717, 1.165) is 0 Å². The number of hydrogen-bond acceptors (Lipinski definition) is 4. The van der Waals surface area contributed by atoms with E-state index in [-0.39, 0.29) is 12.4 Å². The smallest absolute Gasteiger partial charge is 0.272 e. The molecule has 8 heteroatoms. The Kier molecular flexibility index (Phi) is 4.74. The summed E-state index contributed by atoms with van der Waals surface area (Å²) < 4.78 is 34.8. The third-order valence-electron chi connectivity index (χ3n) is 5.09. The highest BCUT2D eigenvalue weighted by Gasteiger charge is 2.18. The number of pyridine rings is 1. The van der Waals surface area contributed by atoms with E-state index in [4.69, 9.17) is 4.74 Å². The third-order valence-corrected chi connectivity index (χ3v) is 5.09. The number of amides is 1. The maximum atomic E-state index is 13.8. The van der Waals surface area contributed by atoms with Crippen molar-refractivity contribution < 1.29 is 18.3 Å². The molecule has 6 nitrogen and oxygen atoms in total. The van der Waals surface area contributed by atoms with Crippen LogP contribution >= 0.6 is 0 Å². The van der Waals surface area contributed by atoms with Crippen LogP contribution in [0.5, 0.6) is 5.75 Å². The van der Waals surface area contributed by atoms with Crippen molar-refractivity contribution in [3.63, 3.8) is 0 Å². The van der Waals surface area contributed by atoms with E-state index < -0.39 is 11.7 Å². The van der Waals surface area contributed by atoms with Gasteiger partial charge in [-0.1, -0.05) is 12.1 Å². The van der Waals surface area contributed by atoms with Crippen molar-refractivity contribution in [1.29, 1.82) is 0 Å². The second-order valence-electron chi connectivity index (χ2n) is 7.25. The molecule has 0 radical (unpaired) electrons. The summed E-state index contributed by atoms with van der Waals surface area (Å²) in [6.45, 7) is 1.44. The first-order chi connectivity index (χ1) is 15.1. The maximum absolute atomic E-state index is 13.8. The Hall–Kier alpha value is -3.94. The topological polar surface area (TPSA) is 68.2 Å². The van der Waals surface area contributed by atoms with Gasteiger partial charge in [-0.05, 0) is 42.0 Å². The molecule has 0 atom stereocenters. The zero-order valence-electron chi connectivity index (χ0n) is 16.4. The zero-order chi connectivity index (χ0) is 21.4. The minimum atomic E-state index is -0.397. The molecule has 156 valence electrons. The molecule has 1 aliphatic rings. The van der Waals surface area contributed by atoms with E-state index in [1.807, 2.05) is 0 Å². The normalized spacial score (nSPS) is 12.7. The van der Waals surface area contributed by atoms with Crippen LogP contribution in [-0.4, -0.2) is 28.6 Å². The summed E-state index contributed by atoms with van der Waals surface area (Å²) in [6, 6.07) is 13.8. The molecule has 1 aliphatic heterocycles. The Balaban J connectivity index is 1.51. The van der Waals surface area contributed by atoms with Gasteiger partial charge in [0.05, 0.1) is 18.4 Å². The van der Waals surface area contributed by atoms with Crippen LogP contribution in [0.3, 0.4) is 0 Å². The van der Waals surface area contributed by atoms with Crippen LogP contribution in [0.2, 0.25) is 0 Å². The van der Waals surface area contributed by atoms with E-state index in [1.165, 1.54) is 30.5 Å². The van der Waals surface area contributed by atoms with Gasteiger partial charge in [-0.25, -0.2) is 13.8 Å². The predicted molar refractivity (Wildman–Crippen MR) is 114 cm³/mol. The molecule has 0 saturated carbocycles.